The summed E-state index contributed by atoms with van der Waals surface area (Å²) in [4.78, 5) is 24.2. The molecule has 5 heteroatoms. The molecule has 1 unspecified atom stereocenters. The maximum Gasteiger partial charge on any atom is 0.253 e. The van der Waals surface area contributed by atoms with Crippen LogP contribution in [0.3, 0.4) is 0 Å². The Morgan fingerprint density at radius 1 is 1.04 bits per heavy atom. The molecule has 2 amide bonds. The summed E-state index contributed by atoms with van der Waals surface area (Å²) in [6, 6.07) is 16.5. The van der Waals surface area contributed by atoms with E-state index in [1.807, 2.05) is 37.3 Å². The summed E-state index contributed by atoms with van der Waals surface area (Å²) in [5.74, 6) is -0.543. The fourth-order valence-corrected chi connectivity index (χ4v) is 2.21. The minimum Gasteiger partial charge on any atom is -0.375 e. The first kappa shape index (κ1) is 16.7. The van der Waals surface area contributed by atoms with Gasteiger partial charge in [0, 0.05) is 7.11 Å². The number of para-hydroxylation sites is 1. The standard InChI is InChI=1S/C18H20N2O3/c1-13(14-8-4-3-5-9-14)19-18(22)15-10-6-7-11-16(15)20-17(21)12-23-2/h3-11,13H,12H2,1-2H3,(H,19,22)(H,20,21). The van der Waals surface area contributed by atoms with Crippen LogP contribution in [0.25, 0.3) is 0 Å². The Kier molecular flexibility index (Phi) is 5.88. The van der Waals surface area contributed by atoms with E-state index >= 15 is 0 Å². The Hall–Kier alpha value is -2.66. The van der Waals surface area contributed by atoms with E-state index in [0.717, 1.165) is 5.56 Å². The lowest BCUT2D eigenvalue weighted by atomic mass is 10.1. The number of methoxy groups -OCH3 is 1. The van der Waals surface area contributed by atoms with Crippen molar-refractivity contribution in [2.75, 3.05) is 19.0 Å². The van der Waals surface area contributed by atoms with Gasteiger partial charge in [-0.15, -0.1) is 0 Å². The van der Waals surface area contributed by atoms with Gasteiger partial charge in [0.05, 0.1) is 17.3 Å². The maximum atomic E-state index is 12.5. The number of carbonyl (C=O) groups excluding carboxylic acids is 2. The van der Waals surface area contributed by atoms with Crippen LogP contribution in [0.15, 0.2) is 54.6 Å². The summed E-state index contributed by atoms with van der Waals surface area (Å²) in [7, 11) is 1.44. The van der Waals surface area contributed by atoms with Gasteiger partial charge in [0.2, 0.25) is 5.91 Å². The predicted octanol–water partition coefficient (Wildman–Crippen LogP) is 2.76. The average molecular weight is 312 g/mol. The largest absolute Gasteiger partial charge is 0.375 e. The highest BCUT2D eigenvalue weighted by Gasteiger charge is 2.15. The second-order valence-electron chi connectivity index (χ2n) is 5.13. The lowest BCUT2D eigenvalue weighted by Gasteiger charge is -2.16. The first-order chi connectivity index (χ1) is 11.1. The number of ether oxygens (including phenoxy) is 1. The van der Waals surface area contributed by atoms with Gasteiger partial charge >= 0.3 is 0 Å². The number of amides is 2. The highest BCUT2D eigenvalue weighted by molar-refractivity contribution is 6.04. The van der Waals surface area contributed by atoms with Crippen molar-refractivity contribution in [2.45, 2.75) is 13.0 Å². The van der Waals surface area contributed by atoms with Gasteiger partial charge in [-0.2, -0.15) is 0 Å². The summed E-state index contributed by atoms with van der Waals surface area (Å²) in [6.45, 7) is 1.86. The number of benzene rings is 2. The molecule has 23 heavy (non-hydrogen) atoms. The number of hydrogen-bond donors (Lipinski definition) is 2. The molecule has 0 saturated heterocycles. The van der Waals surface area contributed by atoms with E-state index in [4.69, 9.17) is 4.74 Å². The van der Waals surface area contributed by atoms with Crippen molar-refractivity contribution < 1.29 is 14.3 Å². The zero-order chi connectivity index (χ0) is 16.7. The molecule has 0 saturated carbocycles. The number of hydrogen-bond acceptors (Lipinski definition) is 3. The first-order valence-electron chi connectivity index (χ1n) is 7.35. The quantitative estimate of drug-likeness (QED) is 0.862. The van der Waals surface area contributed by atoms with Crippen molar-refractivity contribution in [3.8, 4) is 0 Å². The summed E-state index contributed by atoms with van der Waals surface area (Å²) in [5, 5.41) is 5.62. The number of anilines is 1. The topological polar surface area (TPSA) is 67.4 Å². The van der Waals surface area contributed by atoms with Crippen LogP contribution < -0.4 is 10.6 Å². The SMILES string of the molecule is COCC(=O)Nc1ccccc1C(=O)NC(C)c1ccccc1. The second-order valence-corrected chi connectivity index (χ2v) is 5.13. The van der Waals surface area contributed by atoms with Gasteiger partial charge in [0.15, 0.2) is 0 Å². The van der Waals surface area contributed by atoms with Crippen LogP contribution in [0.4, 0.5) is 5.69 Å². The molecule has 2 aromatic carbocycles. The minimum absolute atomic E-state index is 0.0592. The molecule has 0 aliphatic carbocycles. The van der Waals surface area contributed by atoms with E-state index in [-0.39, 0.29) is 24.5 Å². The van der Waals surface area contributed by atoms with Crippen molar-refractivity contribution in [1.82, 2.24) is 5.32 Å². The molecule has 0 spiro atoms. The van der Waals surface area contributed by atoms with E-state index in [9.17, 15) is 9.59 Å². The molecular formula is C18H20N2O3. The van der Waals surface area contributed by atoms with Gasteiger partial charge in [-0.1, -0.05) is 42.5 Å². The third kappa shape index (κ3) is 4.66. The monoisotopic (exact) mass is 312 g/mol. The van der Waals surface area contributed by atoms with Crippen LogP contribution in [-0.4, -0.2) is 25.5 Å². The maximum absolute atomic E-state index is 12.5. The zero-order valence-electron chi connectivity index (χ0n) is 13.2. The smallest absolute Gasteiger partial charge is 0.253 e. The van der Waals surface area contributed by atoms with Crippen LogP contribution in [0.5, 0.6) is 0 Å². The molecular weight excluding hydrogens is 292 g/mol. The lowest BCUT2D eigenvalue weighted by Crippen LogP contribution is -2.28. The highest BCUT2D eigenvalue weighted by atomic mass is 16.5. The second kappa shape index (κ2) is 8.10. The third-order valence-corrected chi connectivity index (χ3v) is 3.37. The van der Waals surface area contributed by atoms with Gasteiger partial charge < -0.3 is 15.4 Å². The molecule has 0 bridgehead atoms. The highest BCUT2D eigenvalue weighted by Crippen LogP contribution is 2.17. The Morgan fingerprint density at radius 2 is 1.70 bits per heavy atom. The van der Waals surface area contributed by atoms with E-state index in [0.29, 0.717) is 11.3 Å². The molecule has 120 valence electrons. The minimum atomic E-state index is -0.302. The summed E-state index contributed by atoms with van der Waals surface area (Å²) in [5.41, 5.74) is 1.90. The van der Waals surface area contributed by atoms with E-state index in [1.165, 1.54) is 7.11 Å². The summed E-state index contributed by atoms with van der Waals surface area (Å²) >= 11 is 0. The molecule has 0 heterocycles. The Morgan fingerprint density at radius 3 is 2.39 bits per heavy atom. The van der Waals surface area contributed by atoms with Crippen LogP contribution >= 0.6 is 0 Å². The number of rotatable bonds is 6. The van der Waals surface area contributed by atoms with Crippen LogP contribution in [0.2, 0.25) is 0 Å². The lowest BCUT2D eigenvalue weighted by molar-refractivity contribution is -0.119. The van der Waals surface area contributed by atoms with Gasteiger partial charge in [0.1, 0.15) is 6.61 Å². The van der Waals surface area contributed by atoms with E-state index < -0.39 is 0 Å². The van der Waals surface area contributed by atoms with Crippen molar-refractivity contribution in [3.05, 3.63) is 65.7 Å². The average Bonchev–Trinajstić information content (AvgIpc) is 2.56. The van der Waals surface area contributed by atoms with Gasteiger partial charge in [0.25, 0.3) is 5.91 Å². The van der Waals surface area contributed by atoms with Crippen LogP contribution in [0.1, 0.15) is 28.9 Å². The van der Waals surface area contributed by atoms with Crippen molar-refractivity contribution in [1.29, 1.82) is 0 Å². The molecule has 0 fully saturated rings. The summed E-state index contributed by atoms with van der Waals surface area (Å²) in [6.07, 6.45) is 0. The Balaban J connectivity index is 2.11. The van der Waals surface area contributed by atoms with E-state index in [1.54, 1.807) is 24.3 Å². The molecule has 2 rings (SSSR count). The van der Waals surface area contributed by atoms with Crippen LogP contribution in [-0.2, 0) is 9.53 Å². The molecule has 0 radical (unpaired) electrons. The fourth-order valence-electron chi connectivity index (χ4n) is 2.21. The zero-order valence-corrected chi connectivity index (χ0v) is 13.2. The normalized spacial score (nSPS) is 11.6. The molecule has 0 aromatic heterocycles. The van der Waals surface area contributed by atoms with E-state index in [2.05, 4.69) is 10.6 Å². The van der Waals surface area contributed by atoms with Crippen molar-refractivity contribution >= 4 is 17.5 Å². The Labute approximate surface area is 135 Å². The molecule has 0 aliphatic heterocycles. The Bertz CT molecular complexity index is 671. The number of nitrogens with one attached hydrogen (secondary N) is 2. The molecule has 5 nitrogen and oxygen atoms in total. The fraction of sp³-hybridized carbons (Fsp3) is 0.222. The van der Waals surface area contributed by atoms with Crippen molar-refractivity contribution in [2.24, 2.45) is 0 Å². The number of carbonyl (C=O) groups is 2. The van der Waals surface area contributed by atoms with Crippen molar-refractivity contribution in [3.63, 3.8) is 0 Å². The third-order valence-electron chi connectivity index (χ3n) is 3.37. The van der Waals surface area contributed by atoms with Crippen LogP contribution in [0, 0.1) is 0 Å². The van der Waals surface area contributed by atoms with Gasteiger partial charge in [-0.05, 0) is 24.6 Å². The van der Waals surface area contributed by atoms with Gasteiger partial charge in [-0.3, -0.25) is 9.59 Å². The molecule has 2 aromatic rings. The van der Waals surface area contributed by atoms with Gasteiger partial charge in [-0.25, -0.2) is 0 Å². The first-order valence-corrected chi connectivity index (χ1v) is 7.35. The summed E-state index contributed by atoms with van der Waals surface area (Å²) < 4.78 is 4.79. The predicted molar refractivity (Wildman–Crippen MR) is 89.3 cm³/mol. The molecule has 0 aliphatic rings. The molecule has 1 atom stereocenters. The molecule has 2 N–H and O–H groups in total.